The van der Waals surface area contributed by atoms with E-state index in [1.165, 1.54) is 12.1 Å². The minimum Gasteiger partial charge on any atom is -0.385 e. The number of likely N-dealkylation sites (tertiary alicyclic amines) is 1. The smallest absolute Gasteiger partial charge is 0.254 e. The predicted molar refractivity (Wildman–Crippen MR) is 119 cm³/mol. The average Bonchev–Trinajstić information content (AvgIpc) is 2.69. The predicted octanol–water partition coefficient (Wildman–Crippen LogP) is 2.08. The van der Waals surface area contributed by atoms with Crippen LogP contribution in [0, 0.1) is 12.8 Å². The molecular formula is C22H35N3O5S. The van der Waals surface area contributed by atoms with Gasteiger partial charge in [-0.25, -0.2) is 13.1 Å². The molecule has 2 rings (SSSR count). The minimum atomic E-state index is -3.74. The van der Waals surface area contributed by atoms with E-state index in [4.69, 9.17) is 4.74 Å². The van der Waals surface area contributed by atoms with E-state index in [0.29, 0.717) is 44.6 Å². The van der Waals surface area contributed by atoms with Crippen LogP contribution in [0.25, 0.3) is 0 Å². The number of ether oxygens (including phenoxy) is 1. The Balaban J connectivity index is 2.04. The topological polar surface area (TPSA) is 105 Å². The molecule has 0 unspecified atom stereocenters. The van der Waals surface area contributed by atoms with E-state index < -0.39 is 15.6 Å². The van der Waals surface area contributed by atoms with Crippen LogP contribution in [0.15, 0.2) is 23.1 Å². The number of hydrogen-bond donors (Lipinski definition) is 2. The standard InChI is InChI=1S/C22H35N3O5S/c1-16-7-8-18(31(28,29)24-22(2,3)4)15-19(16)21(27)25-12-9-17(10-13-25)20(26)23-11-6-14-30-5/h7-8,15,17,24H,6,9-14H2,1-5H3,(H,23,26). The number of benzene rings is 1. The molecule has 31 heavy (non-hydrogen) atoms. The monoisotopic (exact) mass is 453 g/mol. The minimum absolute atomic E-state index is 0.0146. The van der Waals surface area contributed by atoms with Crippen LogP contribution in [0.3, 0.4) is 0 Å². The molecule has 0 spiro atoms. The summed E-state index contributed by atoms with van der Waals surface area (Å²) in [5.41, 5.74) is 0.469. The number of carbonyl (C=O) groups is 2. The lowest BCUT2D eigenvalue weighted by Crippen LogP contribution is -2.43. The Kier molecular flexibility index (Phi) is 8.62. The molecule has 8 nitrogen and oxygen atoms in total. The van der Waals surface area contributed by atoms with E-state index >= 15 is 0 Å². The van der Waals surface area contributed by atoms with Crippen LogP contribution in [0.4, 0.5) is 0 Å². The number of amides is 2. The van der Waals surface area contributed by atoms with Crippen molar-refractivity contribution in [3.05, 3.63) is 29.3 Å². The van der Waals surface area contributed by atoms with Crippen molar-refractivity contribution in [2.75, 3.05) is 33.4 Å². The van der Waals surface area contributed by atoms with Gasteiger partial charge in [0.15, 0.2) is 0 Å². The number of nitrogens with zero attached hydrogens (tertiary/aromatic N) is 1. The first-order chi connectivity index (χ1) is 14.4. The first-order valence-electron chi connectivity index (χ1n) is 10.6. The summed E-state index contributed by atoms with van der Waals surface area (Å²) in [4.78, 5) is 27.2. The highest BCUT2D eigenvalue weighted by Gasteiger charge is 2.29. The van der Waals surface area contributed by atoms with Gasteiger partial charge in [-0.15, -0.1) is 0 Å². The van der Waals surface area contributed by atoms with Gasteiger partial charge in [0.2, 0.25) is 15.9 Å². The third-order valence-electron chi connectivity index (χ3n) is 5.17. The van der Waals surface area contributed by atoms with E-state index in [-0.39, 0.29) is 22.6 Å². The van der Waals surface area contributed by atoms with Crippen molar-refractivity contribution in [1.82, 2.24) is 14.9 Å². The van der Waals surface area contributed by atoms with Crippen LogP contribution < -0.4 is 10.0 Å². The second-order valence-electron chi connectivity index (χ2n) is 9.04. The van der Waals surface area contributed by atoms with E-state index in [9.17, 15) is 18.0 Å². The highest BCUT2D eigenvalue weighted by molar-refractivity contribution is 7.89. The lowest BCUT2D eigenvalue weighted by molar-refractivity contribution is -0.126. The number of methoxy groups -OCH3 is 1. The zero-order valence-electron chi connectivity index (χ0n) is 19.2. The Bertz CT molecular complexity index is 885. The maximum atomic E-state index is 13.1. The summed E-state index contributed by atoms with van der Waals surface area (Å²) in [6, 6.07) is 4.62. The normalized spacial score (nSPS) is 15.7. The Morgan fingerprint density at radius 3 is 2.42 bits per heavy atom. The van der Waals surface area contributed by atoms with E-state index in [1.54, 1.807) is 45.8 Å². The van der Waals surface area contributed by atoms with E-state index in [2.05, 4.69) is 10.0 Å². The first-order valence-corrected chi connectivity index (χ1v) is 12.1. The van der Waals surface area contributed by atoms with Crippen LogP contribution in [-0.2, 0) is 19.6 Å². The second kappa shape index (κ2) is 10.6. The van der Waals surface area contributed by atoms with Crippen LogP contribution in [0.2, 0.25) is 0 Å². The second-order valence-corrected chi connectivity index (χ2v) is 10.7. The fraction of sp³-hybridized carbons (Fsp3) is 0.636. The summed E-state index contributed by atoms with van der Waals surface area (Å²) < 4.78 is 32.9. The van der Waals surface area contributed by atoms with Gasteiger partial charge in [-0.3, -0.25) is 9.59 Å². The van der Waals surface area contributed by atoms with Crippen LogP contribution >= 0.6 is 0 Å². The number of nitrogens with one attached hydrogen (secondary N) is 2. The van der Waals surface area contributed by atoms with Gasteiger partial charge >= 0.3 is 0 Å². The molecule has 0 aliphatic carbocycles. The van der Waals surface area contributed by atoms with Crippen molar-refractivity contribution in [2.24, 2.45) is 5.92 Å². The quantitative estimate of drug-likeness (QED) is 0.587. The molecule has 1 saturated heterocycles. The SMILES string of the molecule is COCCCNC(=O)C1CCN(C(=O)c2cc(S(=O)(=O)NC(C)(C)C)ccc2C)CC1. The van der Waals surface area contributed by atoms with Gasteiger partial charge in [-0.1, -0.05) is 6.07 Å². The first kappa shape index (κ1) is 25.3. The Hall–Kier alpha value is -1.97. The Morgan fingerprint density at radius 2 is 1.84 bits per heavy atom. The summed E-state index contributed by atoms with van der Waals surface area (Å²) in [5.74, 6) is -0.305. The number of piperidine rings is 1. The van der Waals surface area contributed by atoms with Gasteiger partial charge < -0.3 is 15.0 Å². The maximum absolute atomic E-state index is 13.1. The fourth-order valence-electron chi connectivity index (χ4n) is 3.55. The molecule has 1 aromatic carbocycles. The molecule has 0 radical (unpaired) electrons. The zero-order valence-corrected chi connectivity index (χ0v) is 20.0. The summed E-state index contributed by atoms with van der Waals surface area (Å²) in [7, 11) is -2.11. The third kappa shape index (κ3) is 7.29. The lowest BCUT2D eigenvalue weighted by Gasteiger charge is -2.32. The Morgan fingerprint density at radius 1 is 1.19 bits per heavy atom. The van der Waals surface area contributed by atoms with Crippen molar-refractivity contribution >= 4 is 21.8 Å². The van der Waals surface area contributed by atoms with Crippen LogP contribution in [-0.4, -0.2) is 64.0 Å². The maximum Gasteiger partial charge on any atom is 0.254 e. The fourth-order valence-corrected chi connectivity index (χ4v) is 4.99. The molecule has 2 N–H and O–H groups in total. The molecule has 1 aromatic rings. The average molecular weight is 454 g/mol. The summed E-state index contributed by atoms with van der Waals surface area (Å²) >= 11 is 0. The van der Waals surface area contributed by atoms with Crippen molar-refractivity contribution in [1.29, 1.82) is 0 Å². The van der Waals surface area contributed by atoms with Crippen molar-refractivity contribution < 1.29 is 22.7 Å². The van der Waals surface area contributed by atoms with Gasteiger partial charge in [0, 0.05) is 50.4 Å². The molecule has 0 atom stereocenters. The van der Waals surface area contributed by atoms with Crippen molar-refractivity contribution in [2.45, 2.75) is 57.4 Å². The van der Waals surface area contributed by atoms with Crippen molar-refractivity contribution in [3.63, 3.8) is 0 Å². The number of hydrogen-bond acceptors (Lipinski definition) is 5. The molecule has 9 heteroatoms. The van der Waals surface area contributed by atoms with Crippen LogP contribution in [0.5, 0.6) is 0 Å². The lowest BCUT2D eigenvalue weighted by atomic mass is 9.95. The number of carbonyl (C=O) groups excluding carboxylic acids is 2. The Labute approximate surface area is 185 Å². The van der Waals surface area contributed by atoms with Gasteiger partial charge in [0.25, 0.3) is 5.91 Å². The molecule has 174 valence electrons. The summed E-state index contributed by atoms with van der Waals surface area (Å²) in [5, 5.41) is 2.92. The van der Waals surface area contributed by atoms with Gasteiger partial charge in [-0.05, 0) is 64.7 Å². The molecule has 0 bridgehead atoms. The van der Waals surface area contributed by atoms with Gasteiger partial charge in [0.1, 0.15) is 0 Å². The highest BCUT2D eigenvalue weighted by atomic mass is 32.2. The third-order valence-corrected chi connectivity index (χ3v) is 6.92. The largest absolute Gasteiger partial charge is 0.385 e. The summed E-state index contributed by atoms with van der Waals surface area (Å²) in [6.45, 7) is 9.20. The molecular weight excluding hydrogens is 418 g/mol. The molecule has 0 saturated carbocycles. The van der Waals surface area contributed by atoms with E-state index in [1.807, 2.05) is 0 Å². The zero-order chi connectivity index (χ0) is 23.2. The molecule has 1 fully saturated rings. The summed E-state index contributed by atoms with van der Waals surface area (Å²) in [6.07, 6.45) is 1.94. The van der Waals surface area contributed by atoms with Crippen LogP contribution in [0.1, 0.15) is 56.0 Å². The highest BCUT2D eigenvalue weighted by Crippen LogP contribution is 2.23. The molecule has 1 heterocycles. The van der Waals surface area contributed by atoms with E-state index in [0.717, 1.165) is 12.0 Å². The molecule has 1 aliphatic heterocycles. The van der Waals surface area contributed by atoms with Crippen molar-refractivity contribution in [3.8, 4) is 0 Å². The molecule has 0 aromatic heterocycles. The number of rotatable bonds is 8. The van der Waals surface area contributed by atoms with Gasteiger partial charge in [-0.2, -0.15) is 0 Å². The number of aryl methyl sites for hydroxylation is 1. The number of sulfonamides is 1. The molecule has 1 aliphatic rings. The van der Waals surface area contributed by atoms with Gasteiger partial charge in [0.05, 0.1) is 4.90 Å². The molecule has 2 amide bonds.